The highest BCUT2D eigenvalue weighted by Gasteiger charge is 2.49. The van der Waals surface area contributed by atoms with Gasteiger partial charge in [0.05, 0.1) is 5.41 Å². The van der Waals surface area contributed by atoms with Gasteiger partial charge in [-0.25, -0.2) is 4.79 Å². The first-order valence-corrected chi connectivity index (χ1v) is 9.00. The van der Waals surface area contributed by atoms with Gasteiger partial charge in [0.25, 0.3) is 0 Å². The first-order valence-electron chi connectivity index (χ1n) is 9.00. The van der Waals surface area contributed by atoms with Crippen molar-refractivity contribution in [3.05, 3.63) is 22.9 Å². The third-order valence-electron chi connectivity index (χ3n) is 5.13. The van der Waals surface area contributed by atoms with Crippen LogP contribution in [-0.2, 0) is 18.4 Å². The zero-order chi connectivity index (χ0) is 16.7. The van der Waals surface area contributed by atoms with Gasteiger partial charge in [-0.2, -0.15) is 0 Å². The number of rotatable bonds is 12. The summed E-state index contributed by atoms with van der Waals surface area (Å²) in [5.74, 6) is -0.588. The largest absolute Gasteiger partial charge is 0.481 e. The minimum Gasteiger partial charge on any atom is -0.481 e. The molecule has 0 amide bonds. The highest BCUT2D eigenvalue weighted by molar-refractivity contribution is 5.77. The number of aryl methyl sites for hydroxylation is 2. The molecule has 130 valence electrons. The van der Waals surface area contributed by atoms with Crippen molar-refractivity contribution >= 4 is 5.97 Å². The van der Waals surface area contributed by atoms with Crippen LogP contribution in [0, 0.1) is 5.41 Å². The molecule has 0 unspecified atom stereocenters. The number of imidazole rings is 1. The minimum atomic E-state index is -0.588. The fourth-order valence-corrected chi connectivity index (χ4v) is 3.21. The Morgan fingerprint density at radius 3 is 2.09 bits per heavy atom. The lowest BCUT2D eigenvalue weighted by molar-refractivity contribution is -0.143. The Labute approximate surface area is 138 Å². The van der Waals surface area contributed by atoms with Crippen LogP contribution in [0.5, 0.6) is 0 Å². The molecule has 1 fully saturated rings. The number of nitrogens with zero attached hydrogens (tertiary/aromatic N) is 2. The van der Waals surface area contributed by atoms with E-state index in [2.05, 4.69) is 0 Å². The molecule has 23 heavy (non-hydrogen) atoms. The molecule has 1 aromatic rings. The first kappa shape index (κ1) is 17.8. The maximum Gasteiger partial charge on any atom is 0.327 e. The number of carbonyl (C=O) groups is 1. The molecule has 1 aliphatic carbocycles. The molecule has 0 bridgehead atoms. The zero-order valence-electron chi connectivity index (χ0n) is 14.3. The second kappa shape index (κ2) is 8.37. The predicted molar refractivity (Wildman–Crippen MR) is 90.5 cm³/mol. The average molecular weight is 322 g/mol. The van der Waals surface area contributed by atoms with E-state index in [0.29, 0.717) is 0 Å². The summed E-state index contributed by atoms with van der Waals surface area (Å²) in [6.45, 7) is 0.816. The van der Waals surface area contributed by atoms with Crippen LogP contribution in [0.25, 0.3) is 0 Å². The molecule has 0 aliphatic heterocycles. The van der Waals surface area contributed by atoms with E-state index in [9.17, 15) is 9.59 Å². The van der Waals surface area contributed by atoms with Gasteiger partial charge in [0.1, 0.15) is 0 Å². The van der Waals surface area contributed by atoms with Gasteiger partial charge in [0, 0.05) is 26.0 Å². The van der Waals surface area contributed by atoms with Crippen molar-refractivity contribution in [3.63, 3.8) is 0 Å². The van der Waals surface area contributed by atoms with Crippen LogP contribution >= 0.6 is 0 Å². The van der Waals surface area contributed by atoms with Crippen LogP contribution in [0.2, 0.25) is 0 Å². The summed E-state index contributed by atoms with van der Waals surface area (Å²) in [5, 5.41) is 9.11. The quantitative estimate of drug-likeness (QED) is 0.598. The summed E-state index contributed by atoms with van der Waals surface area (Å²) < 4.78 is 3.38. The molecule has 1 N–H and O–H groups in total. The highest BCUT2D eigenvalue weighted by Crippen LogP contribution is 2.50. The van der Waals surface area contributed by atoms with Crippen molar-refractivity contribution in [2.45, 2.75) is 77.2 Å². The zero-order valence-corrected chi connectivity index (χ0v) is 14.3. The van der Waals surface area contributed by atoms with Crippen LogP contribution in [0.4, 0.5) is 0 Å². The van der Waals surface area contributed by atoms with Gasteiger partial charge in [0.2, 0.25) is 0 Å². The Hall–Kier alpha value is -1.52. The Morgan fingerprint density at radius 1 is 1.04 bits per heavy atom. The number of carboxylic acid groups (broad SMARTS) is 1. The molecule has 0 atom stereocenters. The number of hydrogen-bond donors (Lipinski definition) is 1. The molecule has 2 rings (SSSR count). The van der Waals surface area contributed by atoms with Crippen molar-refractivity contribution < 1.29 is 9.90 Å². The fourth-order valence-electron chi connectivity index (χ4n) is 3.21. The smallest absolute Gasteiger partial charge is 0.327 e. The third-order valence-corrected chi connectivity index (χ3v) is 5.13. The molecule has 0 radical (unpaired) electrons. The van der Waals surface area contributed by atoms with Crippen LogP contribution in [0.15, 0.2) is 17.2 Å². The number of hydrogen-bond acceptors (Lipinski definition) is 2. The van der Waals surface area contributed by atoms with Gasteiger partial charge in [-0.1, -0.05) is 44.9 Å². The second-order valence-electron chi connectivity index (χ2n) is 7.05. The van der Waals surface area contributed by atoms with Crippen LogP contribution in [0.3, 0.4) is 0 Å². The molecular weight excluding hydrogens is 292 g/mol. The summed E-state index contributed by atoms with van der Waals surface area (Å²) in [7, 11) is 1.78. The van der Waals surface area contributed by atoms with Gasteiger partial charge in [0.15, 0.2) is 0 Å². The lowest BCUT2D eigenvalue weighted by Crippen LogP contribution is -2.21. The Morgan fingerprint density at radius 2 is 1.61 bits per heavy atom. The molecule has 0 aromatic carbocycles. The van der Waals surface area contributed by atoms with E-state index in [1.807, 2.05) is 6.20 Å². The van der Waals surface area contributed by atoms with Gasteiger partial charge >= 0.3 is 11.7 Å². The summed E-state index contributed by atoms with van der Waals surface area (Å²) in [6, 6.07) is 0. The van der Waals surface area contributed by atoms with Gasteiger partial charge in [-0.15, -0.1) is 0 Å². The van der Waals surface area contributed by atoms with Crippen molar-refractivity contribution in [3.8, 4) is 0 Å². The number of unbranched alkanes of at least 4 members (excludes halogenated alkanes) is 7. The van der Waals surface area contributed by atoms with Crippen molar-refractivity contribution in [2.24, 2.45) is 12.5 Å². The van der Waals surface area contributed by atoms with Crippen LogP contribution in [0.1, 0.15) is 70.6 Å². The van der Waals surface area contributed by atoms with E-state index < -0.39 is 5.97 Å². The molecular formula is C18H30N2O3. The van der Waals surface area contributed by atoms with Crippen molar-refractivity contribution in [1.82, 2.24) is 9.13 Å². The lowest BCUT2D eigenvalue weighted by atomic mass is 9.97. The first-order chi connectivity index (χ1) is 11.1. The average Bonchev–Trinajstić information content (AvgIpc) is 3.26. The van der Waals surface area contributed by atoms with Gasteiger partial charge < -0.3 is 9.67 Å². The van der Waals surface area contributed by atoms with E-state index in [4.69, 9.17) is 5.11 Å². The third kappa shape index (κ3) is 5.26. The van der Waals surface area contributed by atoms with E-state index in [0.717, 1.165) is 45.1 Å². The highest BCUT2D eigenvalue weighted by atomic mass is 16.4. The molecule has 1 aromatic heterocycles. The molecule has 0 spiro atoms. The van der Waals surface area contributed by atoms with Gasteiger partial charge in [-0.05, 0) is 25.7 Å². The Bertz CT molecular complexity index is 555. The van der Waals surface area contributed by atoms with Crippen molar-refractivity contribution in [2.75, 3.05) is 0 Å². The standard InChI is InChI=1S/C18H30N2O3/c1-19-14-15-20(17(19)23)13-9-7-5-3-2-4-6-8-10-18(11-12-18)16(21)22/h14-15H,2-13H2,1H3,(H,21,22). The van der Waals surface area contributed by atoms with Crippen LogP contribution in [-0.4, -0.2) is 20.2 Å². The van der Waals surface area contributed by atoms with E-state index >= 15 is 0 Å². The summed E-state index contributed by atoms with van der Waals surface area (Å²) in [5.41, 5.74) is -0.269. The summed E-state index contributed by atoms with van der Waals surface area (Å²) in [4.78, 5) is 22.7. The summed E-state index contributed by atoms with van der Waals surface area (Å²) in [6.07, 6.45) is 15.7. The predicted octanol–water partition coefficient (Wildman–Crippen LogP) is 3.56. The normalized spacial score (nSPS) is 15.7. The number of aromatic nitrogens is 2. The monoisotopic (exact) mass is 322 g/mol. The molecule has 1 aliphatic rings. The SMILES string of the molecule is Cn1ccn(CCCCCCCCCCC2(C(=O)O)CC2)c1=O. The number of carboxylic acids is 1. The molecule has 1 saturated carbocycles. The Kier molecular flexibility index (Phi) is 6.48. The van der Waals surface area contributed by atoms with Crippen molar-refractivity contribution in [1.29, 1.82) is 0 Å². The number of aliphatic carboxylic acids is 1. The maximum atomic E-state index is 11.6. The minimum absolute atomic E-state index is 0.0693. The molecule has 0 saturated heterocycles. The van der Waals surface area contributed by atoms with E-state index in [-0.39, 0.29) is 11.1 Å². The fraction of sp³-hybridized carbons (Fsp3) is 0.778. The topological polar surface area (TPSA) is 64.2 Å². The molecule has 5 nitrogen and oxygen atoms in total. The van der Waals surface area contributed by atoms with E-state index in [1.165, 1.54) is 32.1 Å². The van der Waals surface area contributed by atoms with E-state index in [1.54, 1.807) is 22.4 Å². The molecule has 5 heteroatoms. The van der Waals surface area contributed by atoms with Gasteiger partial charge in [-0.3, -0.25) is 9.36 Å². The summed E-state index contributed by atoms with van der Waals surface area (Å²) >= 11 is 0. The van der Waals surface area contributed by atoms with Crippen LogP contribution < -0.4 is 5.69 Å². The second-order valence-corrected chi connectivity index (χ2v) is 7.05. The lowest BCUT2D eigenvalue weighted by Gasteiger charge is -2.08. The molecule has 1 heterocycles. The Balaban J connectivity index is 1.41. The maximum absolute atomic E-state index is 11.6.